The minimum Gasteiger partial charge on any atom is -0.485 e. The maximum Gasteiger partial charge on any atom is 0.323 e. The Morgan fingerprint density at radius 1 is 1.17 bits per heavy atom. The van der Waals surface area contributed by atoms with Crippen molar-refractivity contribution in [1.82, 2.24) is 15.0 Å². The Morgan fingerprint density at radius 3 is 2.52 bits per heavy atom. The van der Waals surface area contributed by atoms with E-state index in [1.54, 1.807) is 50.9 Å². The topological polar surface area (TPSA) is 149 Å². The number of fused-ring (bicyclic) bond motifs is 1. The second-order valence-electron chi connectivity index (χ2n) is 10.4. The van der Waals surface area contributed by atoms with Gasteiger partial charge in [0.15, 0.2) is 11.5 Å². The third-order valence-electron chi connectivity index (χ3n) is 7.11. The molecule has 0 saturated heterocycles. The summed E-state index contributed by atoms with van der Waals surface area (Å²) in [4.78, 5) is 42.6. The Kier molecular flexibility index (Phi) is 9.31. The largest absolute Gasteiger partial charge is 0.485 e. The Bertz CT molecular complexity index is 1430. The molecule has 42 heavy (non-hydrogen) atoms. The molecule has 2 heterocycles. The van der Waals surface area contributed by atoms with E-state index >= 15 is 0 Å². The molecule has 0 fully saturated rings. The fraction of sp³-hybridized carbons (Fsp3) is 0.379. The first-order valence-electron chi connectivity index (χ1n) is 13.5. The predicted molar refractivity (Wildman–Crippen MR) is 154 cm³/mol. The molecular formula is C29H35FN6O6. The number of anilines is 3. The van der Waals surface area contributed by atoms with Gasteiger partial charge < -0.3 is 40.1 Å². The van der Waals surface area contributed by atoms with Crippen LogP contribution in [-0.4, -0.2) is 76.9 Å². The number of carbonyl (C=O) groups excluding carboxylic acids is 3. The summed E-state index contributed by atoms with van der Waals surface area (Å²) in [5.41, 5.74) is 1.78. The molecule has 1 aromatic heterocycles. The lowest BCUT2D eigenvalue weighted by atomic mass is 9.99. The third-order valence-corrected chi connectivity index (χ3v) is 7.11. The first-order valence-corrected chi connectivity index (χ1v) is 13.5. The van der Waals surface area contributed by atoms with E-state index in [9.17, 15) is 23.9 Å². The van der Waals surface area contributed by atoms with Gasteiger partial charge in [-0.25, -0.2) is 14.0 Å². The molecule has 0 spiro atoms. The highest BCUT2D eigenvalue weighted by Gasteiger charge is 2.35. The molecule has 5 amide bonds. The fourth-order valence-electron chi connectivity index (χ4n) is 4.59. The van der Waals surface area contributed by atoms with E-state index in [0.29, 0.717) is 22.8 Å². The van der Waals surface area contributed by atoms with Crippen molar-refractivity contribution in [3.8, 4) is 5.75 Å². The minimum atomic E-state index is -0.622. The molecule has 1 aliphatic rings. The Balaban J connectivity index is 1.62. The Morgan fingerprint density at radius 2 is 1.88 bits per heavy atom. The number of likely N-dealkylation sites (N-methyl/N-ethyl adjacent to an activating group) is 1. The summed E-state index contributed by atoms with van der Waals surface area (Å²) in [5.74, 6) is -0.509. The van der Waals surface area contributed by atoms with E-state index < -0.39 is 30.0 Å². The van der Waals surface area contributed by atoms with Gasteiger partial charge in [0.2, 0.25) is 0 Å². The second-order valence-corrected chi connectivity index (χ2v) is 10.4. The third kappa shape index (κ3) is 6.79. The summed E-state index contributed by atoms with van der Waals surface area (Å²) >= 11 is 0. The van der Waals surface area contributed by atoms with Gasteiger partial charge in [-0.15, -0.1) is 0 Å². The average molecular weight is 583 g/mol. The number of benzene rings is 2. The van der Waals surface area contributed by atoms with E-state index in [0.717, 1.165) is 0 Å². The number of halogens is 1. The van der Waals surface area contributed by atoms with E-state index in [4.69, 9.17) is 9.26 Å². The molecule has 3 atom stereocenters. The molecule has 4 rings (SSSR count). The van der Waals surface area contributed by atoms with Crippen molar-refractivity contribution in [3.05, 3.63) is 65.3 Å². The summed E-state index contributed by atoms with van der Waals surface area (Å²) in [7, 11) is 1.59. The number of ether oxygens (including phenoxy) is 1. The van der Waals surface area contributed by atoms with Crippen LogP contribution in [0.25, 0.3) is 0 Å². The molecule has 4 N–H and O–H groups in total. The molecule has 224 valence electrons. The van der Waals surface area contributed by atoms with Gasteiger partial charge >= 0.3 is 12.1 Å². The molecular weight excluding hydrogens is 547 g/mol. The van der Waals surface area contributed by atoms with Crippen molar-refractivity contribution in [2.45, 2.75) is 39.8 Å². The van der Waals surface area contributed by atoms with Crippen LogP contribution in [0.2, 0.25) is 0 Å². The summed E-state index contributed by atoms with van der Waals surface area (Å²) in [6.07, 6.45) is -0.622. The van der Waals surface area contributed by atoms with Gasteiger partial charge in [-0.3, -0.25) is 4.79 Å². The van der Waals surface area contributed by atoms with Gasteiger partial charge in [0, 0.05) is 25.2 Å². The van der Waals surface area contributed by atoms with Crippen molar-refractivity contribution in [1.29, 1.82) is 0 Å². The van der Waals surface area contributed by atoms with Crippen LogP contribution in [0.15, 0.2) is 47.0 Å². The van der Waals surface area contributed by atoms with Gasteiger partial charge in [-0.2, -0.15) is 0 Å². The molecule has 1 aliphatic heterocycles. The van der Waals surface area contributed by atoms with Crippen molar-refractivity contribution in [2.24, 2.45) is 5.92 Å². The highest BCUT2D eigenvalue weighted by molar-refractivity contribution is 6.04. The van der Waals surface area contributed by atoms with Gasteiger partial charge in [0.1, 0.15) is 23.3 Å². The minimum absolute atomic E-state index is 0.114. The normalized spacial score (nSPS) is 17.3. The number of carbonyl (C=O) groups is 3. The number of aliphatic hydroxyl groups excluding tert-OH is 1. The molecule has 0 bridgehead atoms. The van der Waals surface area contributed by atoms with Crippen LogP contribution in [0.3, 0.4) is 0 Å². The molecule has 0 aliphatic carbocycles. The summed E-state index contributed by atoms with van der Waals surface area (Å²) in [6.45, 7) is 7.09. The lowest BCUT2D eigenvalue weighted by molar-refractivity contribution is 0.0373. The number of aliphatic hydroxyl groups is 1. The number of para-hydroxylation sites is 1. The first-order chi connectivity index (χ1) is 20.0. The molecule has 0 unspecified atom stereocenters. The molecule has 0 radical (unpaired) electrons. The zero-order valence-corrected chi connectivity index (χ0v) is 24.1. The molecule has 12 nitrogen and oxygen atoms in total. The van der Waals surface area contributed by atoms with E-state index in [1.165, 1.54) is 29.2 Å². The van der Waals surface area contributed by atoms with Gasteiger partial charge in [-0.1, -0.05) is 18.1 Å². The van der Waals surface area contributed by atoms with Crippen LogP contribution in [-0.2, 0) is 0 Å². The quantitative estimate of drug-likeness (QED) is 0.321. The number of urea groups is 2. The van der Waals surface area contributed by atoms with Gasteiger partial charge in [0.25, 0.3) is 5.91 Å². The van der Waals surface area contributed by atoms with E-state index in [-0.39, 0.29) is 48.5 Å². The number of amides is 5. The molecule has 2 aromatic carbocycles. The lowest BCUT2D eigenvalue weighted by Crippen LogP contribution is -2.50. The van der Waals surface area contributed by atoms with Gasteiger partial charge in [-0.05, 0) is 57.2 Å². The van der Waals surface area contributed by atoms with E-state index in [1.807, 2.05) is 6.92 Å². The summed E-state index contributed by atoms with van der Waals surface area (Å²) < 4.78 is 24.8. The van der Waals surface area contributed by atoms with Crippen molar-refractivity contribution >= 4 is 35.0 Å². The summed E-state index contributed by atoms with van der Waals surface area (Å²) in [6, 6.07) is 8.68. The number of nitrogens with zero attached hydrogens (tertiary/aromatic N) is 3. The lowest BCUT2D eigenvalue weighted by Gasteiger charge is -2.38. The van der Waals surface area contributed by atoms with Crippen LogP contribution in [0.4, 0.5) is 31.0 Å². The maximum absolute atomic E-state index is 13.7. The summed E-state index contributed by atoms with van der Waals surface area (Å²) in [5, 5.41) is 21.9. The smallest absolute Gasteiger partial charge is 0.323 e. The number of aromatic nitrogens is 1. The maximum atomic E-state index is 13.7. The number of nitrogens with one attached hydrogen (secondary N) is 3. The Labute approximate surface area is 242 Å². The average Bonchev–Trinajstić information content (AvgIpc) is 3.27. The molecule has 13 heteroatoms. The van der Waals surface area contributed by atoms with Crippen molar-refractivity contribution in [2.75, 3.05) is 42.7 Å². The molecule has 3 aromatic rings. The van der Waals surface area contributed by atoms with Crippen LogP contribution in [0.5, 0.6) is 5.75 Å². The van der Waals surface area contributed by atoms with Crippen molar-refractivity contribution < 1.29 is 33.1 Å². The Hall–Kier alpha value is -4.65. The highest BCUT2D eigenvalue weighted by atomic mass is 19.1. The fourth-order valence-corrected chi connectivity index (χ4v) is 4.59. The number of hydrogen-bond acceptors (Lipinski definition) is 7. The second kappa shape index (κ2) is 12.9. The monoisotopic (exact) mass is 582 g/mol. The zero-order chi connectivity index (χ0) is 30.6. The zero-order valence-electron chi connectivity index (χ0n) is 24.1. The van der Waals surface area contributed by atoms with Crippen LogP contribution in [0, 0.1) is 25.6 Å². The van der Waals surface area contributed by atoms with Crippen LogP contribution >= 0.6 is 0 Å². The van der Waals surface area contributed by atoms with Crippen LogP contribution in [0.1, 0.15) is 35.7 Å². The first kappa shape index (κ1) is 30.3. The van der Waals surface area contributed by atoms with Crippen LogP contribution < -0.4 is 20.7 Å². The number of hydrogen-bond donors (Lipinski definition) is 4. The number of rotatable bonds is 7. The highest BCUT2D eigenvalue weighted by Crippen LogP contribution is 2.35. The standard InChI is InChI=1S/C29H35FN6O6/c1-16-13-36(17(2)15-37)27(38)22-7-6-8-23(32-28(39)33-25-18(3)34-42-19(25)4)26(22)41-24(16)14-35(5)29(40)31-21-11-9-20(30)10-12-21/h6-12,16-17,24,37H,13-15H2,1-5H3,(H,31,40)(H2,32,33,39)/t16-,17+,24-/m1/s1. The number of aryl methyl sites for hydroxylation is 2. The predicted octanol–water partition coefficient (Wildman–Crippen LogP) is 4.46. The van der Waals surface area contributed by atoms with Crippen molar-refractivity contribution in [3.63, 3.8) is 0 Å². The van der Waals surface area contributed by atoms with Gasteiger partial charge in [0.05, 0.1) is 30.4 Å². The SMILES string of the molecule is Cc1noc(C)c1NC(=O)Nc1cccc2c1O[C@H](CN(C)C(=O)Nc1ccc(F)cc1)[C@H](C)CN([C@@H](C)CO)C2=O. The molecule has 0 saturated carbocycles. The van der Waals surface area contributed by atoms with E-state index in [2.05, 4.69) is 21.1 Å².